The van der Waals surface area contributed by atoms with Crippen molar-refractivity contribution in [3.63, 3.8) is 0 Å². The van der Waals surface area contributed by atoms with Crippen molar-refractivity contribution in [1.29, 1.82) is 0 Å². The number of carbonyl (C=O) groups excluding carboxylic acids is 1. The van der Waals surface area contributed by atoms with Crippen molar-refractivity contribution in [3.8, 4) is 17.0 Å². The highest BCUT2D eigenvalue weighted by Crippen LogP contribution is 2.26. The van der Waals surface area contributed by atoms with Gasteiger partial charge >= 0.3 is 5.97 Å². The Morgan fingerprint density at radius 2 is 1.62 bits per heavy atom. The number of rotatable bonds is 10. The summed E-state index contributed by atoms with van der Waals surface area (Å²) in [6, 6.07) is 28.1. The molecule has 0 fully saturated rings. The molecule has 0 saturated carbocycles. The first-order chi connectivity index (χ1) is 16.7. The van der Waals surface area contributed by atoms with Crippen LogP contribution in [0.1, 0.15) is 25.0 Å². The molecule has 1 unspecified atom stereocenters. The van der Waals surface area contributed by atoms with E-state index >= 15 is 0 Å². The molecule has 0 aliphatic carbocycles. The summed E-state index contributed by atoms with van der Waals surface area (Å²) in [6.45, 7) is 4.88. The Labute approximate surface area is 200 Å². The van der Waals surface area contributed by atoms with Crippen molar-refractivity contribution < 1.29 is 19.0 Å². The maximum absolute atomic E-state index is 12.1. The summed E-state index contributed by atoms with van der Waals surface area (Å²) in [7, 11) is 0. The number of nitrogens with zero attached hydrogens (tertiary/aromatic N) is 1. The van der Waals surface area contributed by atoms with Crippen LogP contribution in [0.5, 0.6) is 5.75 Å². The summed E-state index contributed by atoms with van der Waals surface area (Å²) >= 11 is 0. The van der Waals surface area contributed by atoms with Gasteiger partial charge in [0, 0.05) is 29.5 Å². The van der Waals surface area contributed by atoms with Crippen molar-refractivity contribution in [2.75, 3.05) is 13.2 Å². The number of fused-ring (bicyclic) bond motifs is 1. The Balaban J connectivity index is 1.49. The zero-order chi connectivity index (χ0) is 23.8. The van der Waals surface area contributed by atoms with Gasteiger partial charge in [-0.2, -0.15) is 0 Å². The van der Waals surface area contributed by atoms with E-state index in [1.165, 1.54) is 0 Å². The number of esters is 1. The fourth-order valence-corrected chi connectivity index (χ4v) is 3.87. The van der Waals surface area contributed by atoms with Crippen LogP contribution in [0.25, 0.3) is 22.2 Å². The van der Waals surface area contributed by atoms with E-state index in [0.717, 1.165) is 39.0 Å². The lowest BCUT2D eigenvalue weighted by atomic mass is 10.0. The molecule has 1 atom stereocenters. The van der Waals surface area contributed by atoms with Gasteiger partial charge in [-0.05, 0) is 43.7 Å². The van der Waals surface area contributed by atoms with Gasteiger partial charge in [-0.25, -0.2) is 9.78 Å². The number of benzene rings is 3. The molecule has 0 radical (unpaired) electrons. The van der Waals surface area contributed by atoms with Gasteiger partial charge in [0.15, 0.2) is 6.10 Å². The van der Waals surface area contributed by atoms with Gasteiger partial charge in [0.2, 0.25) is 0 Å². The minimum absolute atomic E-state index is 0.330. The second-order valence-corrected chi connectivity index (χ2v) is 7.88. The number of hydrogen-bond donors (Lipinski definition) is 0. The molecule has 4 aromatic rings. The van der Waals surface area contributed by atoms with Crippen molar-refractivity contribution in [2.45, 2.75) is 33.0 Å². The van der Waals surface area contributed by atoms with E-state index in [-0.39, 0.29) is 5.97 Å². The monoisotopic (exact) mass is 455 g/mol. The predicted molar refractivity (Wildman–Crippen MR) is 134 cm³/mol. The van der Waals surface area contributed by atoms with Crippen molar-refractivity contribution >= 4 is 16.9 Å². The molecule has 34 heavy (non-hydrogen) atoms. The van der Waals surface area contributed by atoms with Gasteiger partial charge in [-0.1, -0.05) is 60.7 Å². The smallest absolute Gasteiger partial charge is 0.335 e. The Hall–Kier alpha value is -3.70. The van der Waals surface area contributed by atoms with Gasteiger partial charge in [0.25, 0.3) is 0 Å². The molecule has 4 rings (SSSR count). The molecule has 0 bridgehead atoms. The molecule has 1 heterocycles. The minimum Gasteiger partial charge on any atom is -0.489 e. The molecule has 0 aliphatic heterocycles. The first-order valence-electron chi connectivity index (χ1n) is 11.6. The molecule has 5 nitrogen and oxygen atoms in total. The Kier molecular flexibility index (Phi) is 7.89. The summed E-state index contributed by atoms with van der Waals surface area (Å²) in [4.78, 5) is 17.0. The number of hydrogen-bond acceptors (Lipinski definition) is 5. The van der Waals surface area contributed by atoms with E-state index in [1.807, 2.05) is 67.6 Å². The van der Waals surface area contributed by atoms with Crippen LogP contribution < -0.4 is 4.74 Å². The third kappa shape index (κ3) is 5.80. The van der Waals surface area contributed by atoms with E-state index in [0.29, 0.717) is 26.2 Å². The lowest BCUT2D eigenvalue weighted by Gasteiger charge is -2.16. The van der Waals surface area contributed by atoms with Crippen LogP contribution in [0.3, 0.4) is 0 Å². The highest BCUT2D eigenvalue weighted by atomic mass is 16.6. The zero-order valence-electron chi connectivity index (χ0n) is 19.6. The molecular weight excluding hydrogens is 426 g/mol. The Morgan fingerprint density at radius 1 is 0.882 bits per heavy atom. The van der Waals surface area contributed by atoms with Gasteiger partial charge in [-0.3, -0.25) is 0 Å². The van der Waals surface area contributed by atoms with Crippen LogP contribution in [-0.2, 0) is 27.3 Å². The number of ether oxygens (including phenoxy) is 3. The van der Waals surface area contributed by atoms with Crippen molar-refractivity contribution in [1.82, 2.24) is 4.98 Å². The van der Waals surface area contributed by atoms with Gasteiger partial charge < -0.3 is 14.2 Å². The highest BCUT2D eigenvalue weighted by molar-refractivity contribution is 5.85. The normalized spacial score (nSPS) is 11.8. The van der Waals surface area contributed by atoms with Crippen LogP contribution in [0.15, 0.2) is 84.9 Å². The van der Waals surface area contributed by atoms with Crippen LogP contribution in [0, 0.1) is 0 Å². The molecule has 0 saturated heterocycles. The fourth-order valence-electron chi connectivity index (χ4n) is 3.87. The summed E-state index contributed by atoms with van der Waals surface area (Å²) in [5, 5.41) is 1.08. The number of para-hydroxylation sites is 1. The quantitative estimate of drug-likeness (QED) is 0.275. The van der Waals surface area contributed by atoms with E-state index in [2.05, 4.69) is 24.3 Å². The summed E-state index contributed by atoms with van der Waals surface area (Å²) in [6.07, 6.45) is -0.140. The van der Waals surface area contributed by atoms with Gasteiger partial charge in [0.1, 0.15) is 12.4 Å². The first-order valence-corrected chi connectivity index (χ1v) is 11.6. The minimum atomic E-state index is -0.601. The van der Waals surface area contributed by atoms with Gasteiger partial charge in [0.05, 0.1) is 17.8 Å². The van der Waals surface area contributed by atoms with Crippen LogP contribution >= 0.6 is 0 Å². The predicted octanol–water partition coefficient (Wildman–Crippen LogP) is 5.99. The van der Waals surface area contributed by atoms with Crippen LogP contribution in [0.2, 0.25) is 0 Å². The molecule has 174 valence electrons. The van der Waals surface area contributed by atoms with Crippen molar-refractivity contribution in [2.24, 2.45) is 0 Å². The lowest BCUT2D eigenvalue weighted by Crippen LogP contribution is -2.28. The summed E-state index contributed by atoms with van der Waals surface area (Å²) in [5.74, 6) is 0.429. The first kappa shape index (κ1) is 23.5. The SMILES string of the molecule is CCOC(=O)C(Cc1ccc(OCc2cc(-c3ccccc3)nc3ccccc23)cc1)OCC. The highest BCUT2D eigenvalue weighted by Gasteiger charge is 2.20. The van der Waals surface area contributed by atoms with E-state index in [4.69, 9.17) is 19.2 Å². The molecule has 0 N–H and O–H groups in total. The maximum atomic E-state index is 12.1. The molecule has 0 amide bonds. The molecule has 5 heteroatoms. The second-order valence-electron chi connectivity index (χ2n) is 7.88. The molecular formula is C29H29NO4. The molecule has 3 aromatic carbocycles. The topological polar surface area (TPSA) is 57.7 Å². The van der Waals surface area contributed by atoms with E-state index in [1.54, 1.807) is 6.92 Å². The molecule has 0 spiro atoms. The molecule has 1 aromatic heterocycles. The van der Waals surface area contributed by atoms with Gasteiger partial charge in [-0.15, -0.1) is 0 Å². The van der Waals surface area contributed by atoms with E-state index in [9.17, 15) is 4.79 Å². The largest absolute Gasteiger partial charge is 0.489 e. The number of pyridine rings is 1. The average molecular weight is 456 g/mol. The Morgan fingerprint density at radius 3 is 2.35 bits per heavy atom. The van der Waals surface area contributed by atoms with Crippen LogP contribution in [-0.4, -0.2) is 30.3 Å². The number of carbonyl (C=O) groups is 1. The second kappa shape index (κ2) is 11.4. The van der Waals surface area contributed by atoms with Crippen molar-refractivity contribution in [3.05, 3.63) is 96.1 Å². The average Bonchev–Trinajstić information content (AvgIpc) is 2.88. The van der Waals surface area contributed by atoms with Crippen LogP contribution in [0.4, 0.5) is 0 Å². The Bertz CT molecular complexity index is 1220. The maximum Gasteiger partial charge on any atom is 0.335 e. The number of aromatic nitrogens is 1. The standard InChI is InChI=1S/C29H29NO4/c1-3-32-28(29(31)33-4-2)18-21-14-16-24(17-15-21)34-20-23-19-27(22-10-6-5-7-11-22)30-26-13-9-8-12-25(23)26/h5-17,19,28H,3-4,18,20H2,1-2H3. The third-order valence-electron chi connectivity index (χ3n) is 5.53. The van der Waals surface area contributed by atoms with E-state index < -0.39 is 6.10 Å². The fraction of sp³-hybridized carbons (Fsp3) is 0.241. The lowest BCUT2D eigenvalue weighted by molar-refractivity contribution is -0.156. The third-order valence-corrected chi connectivity index (χ3v) is 5.53. The summed E-state index contributed by atoms with van der Waals surface area (Å²) < 4.78 is 16.8. The molecule has 0 aliphatic rings. The zero-order valence-corrected chi connectivity index (χ0v) is 19.6. The summed E-state index contributed by atoms with van der Waals surface area (Å²) in [5.41, 5.74) is 5.00.